The molecule has 8 nitrogen and oxygen atoms in total. The number of alkyl halides is 3. The number of anilines is 1. The molecule has 0 aliphatic rings. The van der Waals surface area contributed by atoms with Crippen LogP contribution in [-0.4, -0.2) is 32.3 Å². The molecule has 0 radical (unpaired) electrons. The van der Waals surface area contributed by atoms with Gasteiger partial charge >= 0.3 is 6.18 Å². The first kappa shape index (κ1) is 21.4. The number of carbonyl (C=O) groups is 2. The quantitative estimate of drug-likeness (QED) is 0.521. The Bertz CT molecular complexity index is 1020. The predicted octanol–water partition coefficient (Wildman–Crippen LogP) is 3.16. The maximum Gasteiger partial charge on any atom is 0.416 e. The summed E-state index contributed by atoms with van der Waals surface area (Å²) in [5.41, 5.74) is 4.65. The summed E-state index contributed by atoms with van der Waals surface area (Å²) in [5.74, 6) is -0.206. The van der Waals surface area contributed by atoms with Gasteiger partial charge in [0.25, 0.3) is 0 Å². The van der Waals surface area contributed by atoms with Gasteiger partial charge in [-0.15, -0.1) is 10.2 Å². The van der Waals surface area contributed by atoms with E-state index < -0.39 is 23.6 Å². The van der Waals surface area contributed by atoms with E-state index in [0.29, 0.717) is 16.7 Å². The molecule has 0 bridgehead atoms. The first-order valence-electron chi connectivity index (χ1n) is 8.59. The number of rotatable bonds is 8. The molecule has 3 N–H and O–H groups in total. The maximum atomic E-state index is 12.6. The summed E-state index contributed by atoms with van der Waals surface area (Å²) in [6, 6.07) is 7.48. The van der Waals surface area contributed by atoms with Gasteiger partial charge in [0.1, 0.15) is 0 Å². The van der Waals surface area contributed by atoms with Crippen molar-refractivity contribution in [3.8, 4) is 11.6 Å². The summed E-state index contributed by atoms with van der Waals surface area (Å²) in [7, 11) is 0. The molecule has 1 aromatic carbocycles. The molecular formula is C18H16F3N5O3S. The Labute approximate surface area is 172 Å². The number of nitrogens with zero attached hydrogens (tertiary/aromatic N) is 3. The van der Waals surface area contributed by atoms with Gasteiger partial charge in [0, 0.05) is 18.7 Å². The monoisotopic (exact) mass is 439 g/mol. The molecular weight excluding hydrogens is 423 g/mol. The largest absolute Gasteiger partial charge is 0.461 e. The number of amides is 2. The van der Waals surface area contributed by atoms with E-state index in [0.717, 1.165) is 23.9 Å². The standard InChI is InChI=1S/C18H16F3N5O3S/c19-18(20,21)11-3-5-12(6-4-11)23-15(28)10-30-17-25-24-16(13-2-1-9-29-13)26(17)8-7-14(22)27/h1-6,9H,7-8,10H2,(H2,22,27)(H,23,28). The summed E-state index contributed by atoms with van der Waals surface area (Å²) in [6.07, 6.45) is -2.94. The van der Waals surface area contributed by atoms with E-state index in [2.05, 4.69) is 15.5 Å². The molecule has 0 fully saturated rings. The number of thioether (sulfide) groups is 1. The highest BCUT2D eigenvalue weighted by Crippen LogP contribution is 2.30. The SMILES string of the molecule is NC(=O)CCn1c(SCC(=O)Nc2ccc(C(F)(F)F)cc2)nnc1-c1ccco1. The maximum absolute atomic E-state index is 12.6. The van der Waals surface area contributed by atoms with Gasteiger partial charge in [0.2, 0.25) is 11.8 Å². The van der Waals surface area contributed by atoms with Gasteiger partial charge in [-0.05, 0) is 36.4 Å². The summed E-state index contributed by atoms with van der Waals surface area (Å²) < 4.78 is 44.7. The van der Waals surface area contributed by atoms with Crippen molar-refractivity contribution in [2.75, 3.05) is 11.1 Å². The van der Waals surface area contributed by atoms with Crippen LogP contribution in [0.1, 0.15) is 12.0 Å². The van der Waals surface area contributed by atoms with Crippen LogP contribution in [0.5, 0.6) is 0 Å². The fourth-order valence-corrected chi connectivity index (χ4v) is 3.24. The Hall–Kier alpha value is -3.28. The van der Waals surface area contributed by atoms with Gasteiger partial charge in [-0.1, -0.05) is 11.8 Å². The molecule has 0 aliphatic heterocycles. The highest BCUT2D eigenvalue weighted by molar-refractivity contribution is 7.99. The average molecular weight is 439 g/mol. The van der Waals surface area contributed by atoms with Crippen LogP contribution >= 0.6 is 11.8 Å². The van der Waals surface area contributed by atoms with Crippen molar-refractivity contribution < 1.29 is 27.2 Å². The zero-order valence-corrected chi connectivity index (χ0v) is 16.2. The third-order valence-corrected chi connectivity index (χ3v) is 4.84. The Morgan fingerprint density at radius 1 is 1.17 bits per heavy atom. The Morgan fingerprint density at radius 3 is 2.50 bits per heavy atom. The highest BCUT2D eigenvalue weighted by Gasteiger charge is 2.30. The molecule has 0 aliphatic carbocycles. The zero-order chi connectivity index (χ0) is 21.7. The smallest absolute Gasteiger partial charge is 0.416 e. The lowest BCUT2D eigenvalue weighted by Gasteiger charge is -2.09. The highest BCUT2D eigenvalue weighted by atomic mass is 32.2. The third kappa shape index (κ3) is 5.41. The second-order valence-corrected chi connectivity index (χ2v) is 7.01. The fourth-order valence-electron chi connectivity index (χ4n) is 2.48. The molecule has 2 amide bonds. The van der Waals surface area contributed by atoms with E-state index in [1.807, 2.05) is 0 Å². The van der Waals surface area contributed by atoms with Crippen LogP contribution < -0.4 is 11.1 Å². The minimum atomic E-state index is -4.45. The van der Waals surface area contributed by atoms with Crippen LogP contribution in [0.25, 0.3) is 11.6 Å². The number of halogens is 3. The lowest BCUT2D eigenvalue weighted by atomic mass is 10.2. The lowest BCUT2D eigenvalue weighted by Crippen LogP contribution is -2.16. The van der Waals surface area contributed by atoms with Gasteiger partial charge in [-0.3, -0.25) is 14.2 Å². The minimum absolute atomic E-state index is 0.0387. The number of carbonyl (C=O) groups excluding carboxylic acids is 2. The lowest BCUT2D eigenvalue weighted by molar-refractivity contribution is -0.137. The van der Waals surface area contributed by atoms with Crippen molar-refractivity contribution >= 4 is 29.3 Å². The van der Waals surface area contributed by atoms with Crippen LogP contribution in [-0.2, 0) is 22.3 Å². The van der Waals surface area contributed by atoms with Gasteiger partial charge in [-0.25, -0.2) is 0 Å². The molecule has 0 atom stereocenters. The van der Waals surface area contributed by atoms with E-state index >= 15 is 0 Å². The molecule has 2 aromatic heterocycles. The number of hydrogen-bond acceptors (Lipinski definition) is 6. The molecule has 158 valence electrons. The minimum Gasteiger partial charge on any atom is -0.461 e. The van der Waals surface area contributed by atoms with Crippen LogP contribution in [0.3, 0.4) is 0 Å². The first-order chi connectivity index (χ1) is 14.2. The van der Waals surface area contributed by atoms with Crippen molar-refractivity contribution in [2.45, 2.75) is 24.3 Å². The molecule has 0 saturated carbocycles. The summed E-state index contributed by atoms with van der Waals surface area (Å²) in [4.78, 5) is 23.3. The van der Waals surface area contributed by atoms with Crippen LogP contribution in [0.15, 0.2) is 52.2 Å². The summed E-state index contributed by atoms with van der Waals surface area (Å²) >= 11 is 1.06. The van der Waals surface area contributed by atoms with E-state index in [-0.39, 0.29) is 24.4 Å². The molecule has 12 heteroatoms. The summed E-state index contributed by atoms with van der Waals surface area (Å²) in [6.45, 7) is 0.196. The average Bonchev–Trinajstić information content (AvgIpc) is 3.34. The van der Waals surface area contributed by atoms with Crippen molar-refractivity contribution in [3.63, 3.8) is 0 Å². The van der Waals surface area contributed by atoms with Crippen molar-refractivity contribution in [3.05, 3.63) is 48.2 Å². The second-order valence-electron chi connectivity index (χ2n) is 6.06. The molecule has 2 heterocycles. The molecule has 0 spiro atoms. The Morgan fingerprint density at radius 2 is 1.90 bits per heavy atom. The molecule has 3 aromatic rings. The topological polar surface area (TPSA) is 116 Å². The molecule has 0 unspecified atom stereocenters. The number of primary amides is 1. The normalized spacial score (nSPS) is 11.4. The Kier molecular flexibility index (Phi) is 6.45. The number of aromatic nitrogens is 3. The van der Waals surface area contributed by atoms with E-state index in [1.54, 1.807) is 16.7 Å². The van der Waals surface area contributed by atoms with E-state index in [1.165, 1.54) is 18.4 Å². The van der Waals surface area contributed by atoms with Gasteiger partial charge in [0.15, 0.2) is 16.7 Å². The van der Waals surface area contributed by atoms with Gasteiger partial charge in [-0.2, -0.15) is 13.2 Å². The van der Waals surface area contributed by atoms with E-state index in [9.17, 15) is 22.8 Å². The number of nitrogens with one attached hydrogen (secondary N) is 1. The van der Waals surface area contributed by atoms with Gasteiger partial charge in [0.05, 0.1) is 17.6 Å². The summed E-state index contributed by atoms with van der Waals surface area (Å²) in [5, 5.41) is 10.9. The van der Waals surface area contributed by atoms with Crippen LogP contribution in [0.4, 0.5) is 18.9 Å². The number of nitrogens with two attached hydrogens (primary N) is 1. The fraction of sp³-hybridized carbons (Fsp3) is 0.222. The molecule has 30 heavy (non-hydrogen) atoms. The predicted molar refractivity (Wildman–Crippen MR) is 102 cm³/mol. The van der Waals surface area contributed by atoms with Crippen molar-refractivity contribution in [1.29, 1.82) is 0 Å². The second kappa shape index (κ2) is 9.03. The van der Waals surface area contributed by atoms with E-state index in [4.69, 9.17) is 10.2 Å². The van der Waals surface area contributed by atoms with Crippen LogP contribution in [0.2, 0.25) is 0 Å². The zero-order valence-electron chi connectivity index (χ0n) is 15.3. The van der Waals surface area contributed by atoms with Crippen molar-refractivity contribution in [1.82, 2.24) is 14.8 Å². The Balaban J connectivity index is 1.66. The number of benzene rings is 1. The first-order valence-corrected chi connectivity index (χ1v) is 9.58. The molecule has 3 rings (SSSR count). The number of furan rings is 1. The van der Waals surface area contributed by atoms with Crippen LogP contribution in [0, 0.1) is 0 Å². The molecule has 0 saturated heterocycles. The van der Waals surface area contributed by atoms with Gasteiger partial charge < -0.3 is 15.5 Å². The third-order valence-electron chi connectivity index (χ3n) is 3.87. The van der Waals surface area contributed by atoms with Crippen molar-refractivity contribution in [2.24, 2.45) is 5.73 Å². The number of hydrogen-bond donors (Lipinski definition) is 2.